The van der Waals surface area contributed by atoms with Crippen molar-refractivity contribution < 1.29 is 14.3 Å². The zero-order chi connectivity index (χ0) is 16.9. The number of ketones is 1. The molecular weight excluding hydrogens is 324 g/mol. The predicted molar refractivity (Wildman–Crippen MR) is 95.0 cm³/mol. The Bertz CT molecular complexity index is 727. The van der Waals surface area contributed by atoms with Gasteiger partial charge in [0.25, 0.3) is 0 Å². The number of hydrogen-bond acceptors (Lipinski definition) is 5. The van der Waals surface area contributed by atoms with E-state index in [9.17, 15) is 4.79 Å². The Balaban J connectivity index is 1.77. The largest absolute Gasteiger partial charge is 0.486 e. The average Bonchev–Trinajstić information content (AvgIpc) is 3.01. The third kappa shape index (κ3) is 3.75. The molecule has 0 spiro atoms. The summed E-state index contributed by atoms with van der Waals surface area (Å²) < 4.78 is 13.5. The van der Waals surface area contributed by atoms with Crippen LogP contribution in [0.15, 0.2) is 29.6 Å². The smallest absolute Gasteiger partial charge is 0.168 e. The van der Waals surface area contributed by atoms with Gasteiger partial charge in [0.05, 0.1) is 11.9 Å². The zero-order valence-corrected chi connectivity index (χ0v) is 14.9. The van der Waals surface area contributed by atoms with E-state index >= 15 is 0 Å². The number of carbonyl (C=O) groups is 1. The minimum absolute atomic E-state index is 0.242. The molecule has 0 fully saturated rings. The third-order valence-corrected chi connectivity index (χ3v) is 4.95. The van der Waals surface area contributed by atoms with Crippen LogP contribution in [-0.2, 0) is 11.3 Å². The Hall–Kier alpha value is -1.95. The van der Waals surface area contributed by atoms with Crippen LogP contribution >= 0.6 is 11.8 Å². The molecule has 1 aromatic heterocycles. The quantitative estimate of drug-likeness (QED) is 0.564. The molecule has 0 amide bonds. The van der Waals surface area contributed by atoms with E-state index in [2.05, 4.69) is 16.5 Å². The highest BCUT2D eigenvalue weighted by molar-refractivity contribution is 7.99. The molecule has 24 heavy (non-hydrogen) atoms. The van der Waals surface area contributed by atoms with Crippen molar-refractivity contribution in [3.63, 3.8) is 0 Å². The van der Waals surface area contributed by atoms with Gasteiger partial charge in [-0.2, -0.15) is 0 Å². The van der Waals surface area contributed by atoms with Crippen LogP contribution < -0.4 is 9.47 Å². The van der Waals surface area contributed by atoms with Crippen LogP contribution in [0.2, 0.25) is 0 Å². The lowest BCUT2D eigenvalue weighted by Gasteiger charge is -2.19. The van der Waals surface area contributed by atoms with Gasteiger partial charge in [-0.25, -0.2) is 4.98 Å². The fourth-order valence-corrected chi connectivity index (χ4v) is 3.68. The Morgan fingerprint density at radius 2 is 2.08 bits per heavy atom. The normalized spacial score (nSPS) is 13.1. The first-order valence-corrected chi connectivity index (χ1v) is 9.25. The molecule has 0 radical (unpaired) electrons. The number of fused-ring (bicyclic) bond motifs is 1. The van der Waals surface area contributed by atoms with E-state index in [0.29, 0.717) is 19.6 Å². The van der Waals surface area contributed by atoms with Crippen molar-refractivity contribution in [2.75, 3.05) is 19.0 Å². The van der Waals surface area contributed by atoms with Gasteiger partial charge in [0.1, 0.15) is 19.0 Å². The number of benzene rings is 1. The second-order valence-corrected chi connectivity index (χ2v) is 6.74. The van der Waals surface area contributed by atoms with Crippen LogP contribution in [0, 0.1) is 0 Å². The van der Waals surface area contributed by atoms with E-state index in [1.54, 1.807) is 18.7 Å². The monoisotopic (exact) mass is 346 g/mol. The van der Waals surface area contributed by atoms with Gasteiger partial charge >= 0.3 is 0 Å². The molecule has 1 aromatic carbocycles. The summed E-state index contributed by atoms with van der Waals surface area (Å²) in [4.78, 5) is 15.6. The summed E-state index contributed by atoms with van der Waals surface area (Å²) in [5, 5.41) is 0.992. The van der Waals surface area contributed by atoms with Gasteiger partial charge in [-0.1, -0.05) is 11.8 Å². The maximum Gasteiger partial charge on any atom is 0.168 e. The fraction of sp³-hybridized carbons (Fsp3) is 0.444. The summed E-state index contributed by atoms with van der Waals surface area (Å²) >= 11 is 1.70. The standard InChI is InChI=1S/C18H22N2O3S/c1-3-20-15(12-19-18(20)24-10-4-5-13(2)21)14-6-7-16-17(11-14)23-9-8-22-16/h6-7,11-12H,3-5,8-10H2,1-2H3. The van der Waals surface area contributed by atoms with Crippen molar-refractivity contribution >= 4 is 17.5 Å². The first kappa shape index (κ1) is 16.9. The maximum atomic E-state index is 11.0. The van der Waals surface area contributed by atoms with Crippen molar-refractivity contribution in [2.24, 2.45) is 0 Å². The van der Waals surface area contributed by atoms with Crippen LogP contribution in [0.25, 0.3) is 11.3 Å². The summed E-state index contributed by atoms with van der Waals surface area (Å²) in [7, 11) is 0. The Labute approximate surface area is 146 Å². The van der Waals surface area contributed by atoms with Crippen molar-refractivity contribution in [1.82, 2.24) is 9.55 Å². The summed E-state index contributed by atoms with van der Waals surface area (Å²) in [5.41, 5.74) is 2.15. The van der Waals surface area contributed by atoms with E-state index in [1.165, 1.54) is 0 Å². The van der Waals surface area contributed by atoms with Crippen molar-refractivity contribution in [3.05, 3.63) is 24.4 Å². The number of Topliss-reactive ketones (excluding diaryl/α,β-unsaturated/α-hetero) is 1. The second-order valence-electron chi connectivity index (χ2n) is 5.68. The Morgan fingerprint density at radius 1 is 1.29 bits per heavy atom. The molecule has 6 heteroatoms. The number of hydrogen-bond donors (Lipinski definition) is 0. The van der Waals surface area contributed by atoms with E-state index < -0.39 is 0 Å². The molecule has 0 saturated heterocycles. The summed E-state index contributed by atoms with van der Waals surface area (Å²) in [6.07, 6.45) is 3.42. The molecule has 2 heterocycles. The number of aromatic nitrogens is 2. The van der Waals surface area contributed by atoms with Crippen LogP contribution in [-0.4, -0.2) is 34.3 Å². The van der Waals surface area contributed by atoms with Crippen LogP contribution in [0.5, 0.6) is 11.5 Å². The lowest BCUT2D eigenvalue weighted by Crippen LogP contribution is -2.15. The Morgan fingerprint density at radius 3 is 2.83 bits per heavy atom. The van der Waals surface area contributed by atoms with Gasteiger partial charge in [-0.15, -0.1) is 0 Å². The van der Waals surface area contributed by atoms with Crippen molar-refractivity contribution in [1.29, 1.82) is 0 Å². The molecule has 2 aromatic rings. The number of rotatable bonds is 7. The van der Waals surface area contributed by atoms with Crippen molar-refractivity contribution in [2.45, 2.75) is 38.4 Å². The number of ether oxygens (including phenoxy) is 2. The Kier molecular flexibility index (Phi) is 5.45. The molecule has 5 nitrogen and oxygen atoms in total. The molecule has 0 bridgehead atoms. The first-order chi connectivity index (χ1) is 11.7. The number of nitrogens with zero attached hydrogens (tertiary/aromatic N) is 2. The molecule has 0 aliphatic carbocycles. The van der Waals surface area contributed by atoms with Gasteiger partial charge in [-0.3, -0.25) is 0 Å². The number of thioether (sulfide) groups is 1. The minimum Gasteiger partial charge on any atom is -0.486 e. The zero-order valence-electron chi connectivity index (χ0n) is 14.1. The molecule has 1 aliphatic heterocycles. The topological polar surface area (TPSA) is 53.4 Å². The maximum absolute atomic E-state index is 11.0. The van der Waals surface area contributed by atoms with Gasteiger partial charge in [0.15, 0.2) is 16.7 Å². The highest BCUT2D eigenvalue weighted by Gasteiger charge is 2.16. The molecule has 0 unspecified atom stereocenters. The highest BCUT2D eigenvalue weighted by Crippen LogP contribution is 2.35. The predicted octanol–water partition coefficient (Wildman–Crippen LogP) is 3.80. The van der Waals surface area contributed by atoms with Gasteiger partial charge in [0.2, 0.25) is 0 Å². The number of carbonyl (C=O) groups excluding carboxylic acids is 1. The molecule has 0 N–H and O–H groups in total. The van der Waals surface area contributed by atoms with E-state index in [1.807, 2.05) is 24.4 Å². The second kappa shape index (κ2) is 7.75. The molecule has 3 rings (SSSR count). The van der Waals surface area contributed by atoms with Gasteiger partial charge < -0.3 is 18.8 Å². The molecule has 1 aliphatic rings. The van der Waals surface area contributed by atoms with Crippen molar-refractivity contribution in [3.8, 4) is 22.8 Å². The molecule has 0 saturated carbocycles. The van der Waals surface area contributed by atoms with E-state index in [4.69, 9.17) is 9.47 Å². The molecule has 0 atom stereocenters. The molecule has 128 valence electrons. The average molecular weight is 346 g/mol. The van der Waals surface area contributed by atoms with E-state index in [-0.39, 0.29) is 5.78 Å². The SMILES string of the molecule is CCn1c(-c2ccc3c(c2)OCCO3)cnc1SCCCC(C)=O. The lowest BCUT2D eigenvalue weighted by molar-refractivity contribution is -0.117. The van der Waals surface area contributed by atoms with Crippen LogP contribution in [0.1, 0.15) is 26.7 Å². The third-order valence-electron chi connectivity index (χ3n) is 3.88. The van der Waals surface area contributed by atoms with E-state index in [0.717, 1.165) is 46.6 Å². The minimum atomic E-state index is 0.242. The van der Waals surface area contributed by atoms with Crippen LogP contribution in [0.4, 0.5) is 0 Å². The first-order valence-electron chi connectivity index (χ1n) is 8.27. The summed E-state index contributed by atoms with van der Waals surface area (Å²) in [6.45, 7) is 5.78. The summed E-state index contributed by atoms with van der Waals surface area (Å²) in [5.74, 6) is 2.73. The highest BCUT2D eigenvalue weighted by atomic mass is 32.2. The lowest BCUT2D eigenvalue weighted by atomic mass is 10.1. The molecular formula is C18H22N2O3S. The van der Waals surface area contributed by atoms with Crippen LogP contribution in [0.3, 0.4) is 0 Å². The number of imidazole rings is 1. The fourth-order valence-electron chi connectivity index (χ4n) is 2.70. The van der Waals surface area contributed by atoms with Gasteiger partial charge in [-0.05, 0) is 38.5 Å². The summed E-state index contributed by atoms with van der Waals surface area (Å²) in [6, 6.07) is 6.01. The van der Waals surface area contributed by atoms with Gasteiger partial charge in [0, 0.05) is 24.3 Å².